The zero-order valence-corrected chi connectivity index (χ0v) is 23.8. The van der Waals surface area contributed by atoms with Crippen molar-refractivity contribution in [1.82, 2.24) is 9.97 Å². The lowest BCUT2D eigenvalue weighted by molar-refractivity contribution is -0.112. The maximum Gasteiger partial charge on any atom is 0.296 e. The zero-order chi connectivity index (χ0) is 29.1. The van der Waals surface area contributed by atoms with Gasteiger partial charge in [0.05, 0.1) is 31.3 Å². The minimum absolute atomic E-state index is 0.0877. The summed E-state index contributed by atoms with van der Waals surface area (Å²) in [5, 5.41) is 3.89. The topological polar surface area (TPSA) is 139 Å². The maximum atomic E-state index is 13.4. The smallest absolute Gasteiger partial charge is 0.296 e. The predicted molar refractivity (Wildman–Crippen MR) is 155 cm³/mol. The van der Waals surface area contributed by atoms with Gasteiger partial charge in [0.15, 0.2) is 5.75 Å². The van der Waals surface area contributed by atoms with Crippen molar-refractivity contribution in [3.63, 3.8) is 0 Å². The van der Waals surface area contributed by atoms with Crippen molar-refractivity contribution >= 4 is 43.9 Å². The molecule has 0 aliphatic rings. The van der Waals surface area contributed by atoms with E-state index in [9.17, 15) is 18.0 Å². The van der Waals surface area contributed by atoms with Crippen LogP contribution in [0.2, 0.25) is 0 Å². The van der Waals surface area contributed by atoms with E-state index < -0.39 is 27.1 Å². The van der Waals surface area contributed by atoms with Crippen molar-refractivity contribution in [3.8, 4) is 11.5 Å². The van der Waals surface area contributed by atoms with E-state index in [2.05, 4.69) is 20.0 Å². The second-order valence-electron chi connectivity index (χ2n) is 10.3. The number of sulfonamides is 1. The van der Waals surface area contributed by atoms with Crippen LogP contribution in [0.5, 0.6) is 11.5 Å². The van der Waals surface area contributed by atoms with Gasteiger partial charge in [-0.3, -0.25) is 14.3 Å². The highest BCUT2D eigenvalue weighted by Gasteiger charge is 2.25. The molecule has 4 rings (SSSR count). The summed E-state index contributed by atoms with van der Waals surface area (Å²) < 4.78 is 37.9. The molecule has 0 fully saturated rings. The van der Waals surface area contributed by atoms with Crippen molar-refractivity contribution in [3.05, 3.63) is 77.9 Å². The van der Waals surface area contributed by atoms with Crippen LogP contribution in [0.4, 0.5) is 11.4 Å². The van der Waals surface area contributed by atoms with Gasteiger partial charge < -0.3 is 19.8 Å². The first-order chi connectivity index (χ1) is 18.9. The van der Waals surface area contributed by atoms with E-state index in [4.69, 9.17) is 9.47 Å². The van der Waals surface area contributed by atoms with Gasteiger partial charge >= 0.3 is 0 Å². The van der Waals surface area contributed by atoms with Crippen LogP contribution < -0.4 is 19.5 Å². The van der Waals surface area contributed by atoms with Gasteiger partial charge in [-0.15, -0.1) is 0 Å². The number of benzene rings is 3. The van der Waals surface area contributed by atoms with E-state index in [-0.39, 0.29) is 22.7 Å². The van der Waals surface area contributed by atoms with Crippen LogP contribution in [0.1, 0.15) is 42.5 Å². The van der Waals surface area contributed by atoms with Gasteiger partial charge in [0.1, 0.15) is 11.6 Å². The molecule has 0 bridgehead atoms. The average molecular weight is 565 g/mol. The molecule has 0 radical (unpaired) electrons. The van der Waals surface area contributed by atoms with Gasteiger partial charge in [-0.1, -0.05) is 45.0 Å². The Morgan fingerprint density at radius 1 is 1.02 bits per heavy atom. The molecule has 0 atom stereocenters. The quantitative estimate of drug-likeness (QED) is 0.188. The van der Waals surface area contributed by atoms with Gasteiger partial charge in [-0.05, 0) is 40.6 Å². The number of Topliss-reactive ketones (excluding diaryl/α,β-unsaturated/α-hetero) is 1. The van der Waals surface area contributed by atoms with Crippen molar-refractivity contribution in [2.24, 2.45) is 0 Å². The van der Waals surface area contributed by atoms with Crippen LogP contribution in [0, 0.1) is 0 Å². The first-order valence-electron chi connectivity index (χ1n) is 12.6. The molecule has 0 spiro atoms. The minimum atomic E-state index is -3.65. The van der Waals surface area contributed by atoms with E-state index >= 15 is 0 Å². The number of amides is 1. The molecule has 0 unspecified atom stereocenters. The van der Waals surface area contributed by atoms with E-state index in [0.29, 0.717) is 29.5 Å². The van der Waals surface area contributed by atoms with Crippen LogP contribution in [-0.4, -0.2) is 50.0 Å². The molecular weight excluding hydrogens is 532 g/mol. The summed E-state index contributed by atoms with van der Waals surface area (Å²) in [5.41, 5.74) is 0.853. The Kier molecular flexibility index (Phi) is 8.15. The van der Waals surface area contributed by atoms with Gasteiger partial charge in [0, 0.05) is 29.8 Å². The number of nitrogens with one attached hydrogen (secondary N) is 3. The average Bonchev–Trinajstić information content (AvgIpc) is 3.40. The third-order valence-electron chi connectivity index (χ3n) is 6.19. The maximum absolute atomic E-state index is 13.4. The van der Waals surface area contributed by atoms with Crippen LogP contribution in [0.25, 0.3) is 10.8 Å². The normalized spacial score (nSPS) is 11.7. The number of ether oxygens (including phenoxy) is 2. The summed E-state index contributed by atoms with van der Waals surface area (Å²) in [6.45, 7) is 6.21. The molecule has 0 aliphatic heterocycles. The molecule has 11 heteroatoms. The van der Waals surface area contributed by atoms with Crippen molar-refractivity contribution < 1.29 is 27.5 Å². The monoisotopic (exact) mass is 564 g/mol. The van der Waals surface area contributed by atoms with Gasteiger partial charge in [0.2, 0.25) is 10.0 Å². The lowest BCUT2D eigenvalue weighted by atomic mass is 9.86. The Hall–Kier alpha value is -4.38. The fourth-order valence-electron chi connectivity index (χ4n) is 4.24. The van der Waals surface area contributed by atoms with Crippen molar-refractivity contribution in [1.29, 1.82) is 0 Å². The summed E-state index contributed by atoms with van der Waals surface area (Å²) >= 11 is 0. The number of aromatic amines is 1. The Labute approximate surface area is 233 Å². The summed E-state index contributed by atoms with van der Waals surface area (Å²) in [5.74, 6) is -0.195. The van der Waals surface area contributed by atoms with Gasteiger partial charge in [-0.25, -0.2) is 13.4 Å². The van der Waals surface area contributed by atoms with Crippen LogP contribution in [0.3, 0.4) is 0 Å². The number of anilines is 2. The standard InChI is InChI=1S/C29H32N4O6S/c1-29(2,3)18-16-22(27(38-4)23(17-18)33-40(5,36)37)32-28(35)26(34)21-10-11-24(20-9-7-6-8-19(20)21)39-15-12-25-30-13-14-31-25/h6-11,13-14,16-17,33H,12,15H2,1-5H3,(H,30,31)(H,32,35). The van der Waals surface area contributed by atoms with Crippen LogP contribution in [-0.2, 0) is 26.7 Å². The number of methoxy groups -OCH3 is 1. The number of carbonyl (C=O) groups excluding carboxylic acids is 2. The SMILES string of the molecule is COc1c(NC(=O)C(=O)c2ccc(OCCc3ncc[nH]3)c3ccccc23)cc(C(C)(C)C)cc1NS(C)(=O)=O. The van der Waals surface area contributed by atoms with E-state index in [1.165, 1.54) is 7.11 Å². The number of hydrogen-bond acceptors (Lipinski definition) is 7. The number of hydrogen-bond donors (Lipinski definition) is 3. The largest absolute Gasteiger partial charge is 0.492 e. The summed E-state index contributed by atoms with van der Waals surface area (Å²) in [4.78, 5) is 33.9. The molecule has 4 aromatic rings. The Balaban J connectivity index is 1.64. The number of imidazole rings is 1. The molecule has 0 saturated heterocycles. The summed E-state index contributed by atoms with van der Waals surface area (Å²) in [6, 6.07) is 13.7. The van der Waals surface area contributed by atoms with Crippen molar-refractivity contribution in [2.45, 2.75) is 32.6 Å². The lowest BCUT2D eigenvalue weighted by Gasteiger charge is -2.23. The zero-order valence-electron chi connectivity index (χ0n) is 23.0. The summed E-state index contributed by atoms with van der Waals surface area (Å²) in [6.07, 6.45) is 5.02. The predicted octanol–water partition coefficient (Wildman–Crippen LogP) is 4.68. The molecule has 210 valence electrons. The first kappa shape index (κ1) is 28.6. The third-order valence-corrected chi connectivity index (χ3v) is 6.78. The molecule has 3 aromatic carbocycles. The molecule has 1 amide bonds. The summed E-state index contributed by atoms with van der Waals surface area (Å²) in [7, 11) is -2.30. The highest BCUT2D eigenvalue weighted by molar-refractivity contribution is 7.92. The molecule has 0 aliphatic carbocycles. The van der Waals surface area contributed by atoms with Gasteiger partial charge in [-0.2, -0.15) is 0 Å². The van der Waals surface area contributed by atoms with Crippen molar-refractivity contribution in [2.75, 3.05) is 30.0 Å². The minimum Gasteiger partial charge on any atom is -0.492 e. The fraction of sp³-hybridized carbons (Fsp3) is 0.276. The molecule has 1 aromatic heterocycles. The van der Waals surface area contributed by atoms with Crippen LogP contribution in [0.15, 0.2) is 60.9 Å². The number of carbonyl (C=O) groups is 2. The molecular formula is C29H32N4O6S. The highest BCUT2D eigenvalue weighted by Crippen LogP contribution is 2.39. The molecule has 0 saturated carbocycles. The molecule has 10 nitrogen and oxygen atoms in total. The molecule has 40 heavy (non-hydrogen) atoms. The fourth-order valence-corrected chi connectivity index (χ4v) is 4.79. The molecule has 3 N–H and O–H groups in total. The Morgan fingerprint density at radius 3 is 2.35 bits per heavy atom. The third kappa shape index (κ3) is 6.60. The number of aromatic nitrogens is 2. The Bertz CT molecular complexity index is 1660. The molecule has 1 heterocycles. The van der Waals surface area contributed by atoms with E-state index in [0.717, 1.165) is 17.6 Å². The number of fused-ring (bicyclic) bond motifs is 1. The second-order valence-corrected chi connectivity index (χ2v) is 12.1. The number of nitrogens with zero attached hydrogens (tertiary/aromatic N) is 1. The lowest BCUT2D eigenvalue weighted by Crippen LogP contribution is -2.24. The van der Waals surface area contributed by atoms with E-state index in [1.807, 2.05) is 32.9 Å². The van der Waals surface area contributed by atoms with Gasteiger partial charge in [0.25, 0.3) is 11.7 Å². The second kappa shape index (κ2) is 11.4. The van der Waals surface area contributed by atoms with Crippen LogP contribution >= 0.6 is 0 Å². The first-order valence-corrected chi connectivity index (χ1v) is 14.5. The highest BCUT2D eigenvalue weighted by atomic mass is 32.2. The number of H-pyrrole nitrogens is 1. The number of ketones is 1. The Morgan fingerprint density at radius 2 is 1.73 bits per heavy atom. The van der Waals surface area contributed by atoms with E-state index in [1.54, 1.807) is 48.8 Å². The number of rotatable bonds is 10.